The first-order chi connectivity index (χ1) is 9.16. The van der Waals surface area contributed by atoms with E-state index in [2.05, 4.69) is 11.4 Å². The van der Waals surface area contributed by atoms with Gasteiger partial charge in [0.15, 0.2) is 0 Å². The molecule has 104 valence electrons. The number of allylic oxidation sites excluding steroid dienone is 1. The summed E-state index contributed by atoms with van der Waals surface area (Å²) in [6, 6.07) is 3.22. The van der Waals surface area contributed by atoms with Gasteiger partial charge in [-0.05, 0) is 37.8 Å². The third-order valence-electron chi connectivity index (χ3n) is 3.50. The summed E-state index contributed by atoms with van der Waals surface area (Å²) in [6.45, 7) is 1.65. The Bertz CT molecular complexity index is 471. The largest absolute Gasteiger partial charge is 0.871 e. The van der Waals surface area contributed by atoms with Gasteiger partial charge in [-0.15, -0.1) is 0 Å². The second-order valence-electron chi connectivity index (χ2n) is 5.02. The first kappa shape index (κ1) is 14.7. The van der Waals surface area contributed by atoms with Crippen molar-refractivity contribution in [2.45, 2.75) is 38.6 Å². The Balaban J connectivity index is 1.81. The van der Waals surface area contributed by atoms with E-state index in [1.54, 1.807) is 11.6 Å². The summed E-state index contributed by atoms with van der Waals surface area (Å²) in [5.74, 6) is -0.0980. The highest BCUT2D eigenvalue weighted by Crippen LogP contribution is 2.28. The molecule has 0 aliphatic heterocycles. The Labute approximate surface area is 124 Å². The van der Waals surface area contributed by atoms with Crippen LogP contribution in [0.25, 0.3) is 0 Å². The zero-order chi connectivity index (χ0) is 13.7. The molecular weight excluding hydrogens is 281 g/mol. The van der Waals surface area contributed by atoms with Crippen LogP contribution in [0.1, 0.15) is 37.7 Å². The normalized spacial score (nSPS) is 15.4. The molecule has 0 fully saturated rings. The van der Waals surface area contributed by atoms with E-state index >= 15 is 0 Å². The van der Waals surface area contributed by atoms with Crippen molar-refractivity contribution < 1.29 is 10.4 Å². The van der Waals surface area contributed by atoms with Crippen LogP contribution in [0.5, 0.6) is 5.75 Å². The van der Waals surface area contributed by atoms with Gasteiger partial charge in [-0.25, -0.2) is 0 Å². The van der Waals surface area contributed by atoms with Gasteiger partial charge in [0.25, 0.3) is 0 Å². The zero-order valence-electron chi connectivity index (χ0n) is 10.9. The quantitative estimate of drug-likeness (QED) is 0.659. The van der Waals surface area contributed by atoms with E-state index in [-0.39, 0.29) is 10.8 Å². The molecule has 0 saturated heterocycles. The highest BCUT2D eigenvalue weighted by molar-refractivity contribution is 6.35. The molecule has 0 bridgehead atoms. The maximum absolute atomic E-state index is 11.8. The number of benzene rings is 1. The molecule has 0 aromatic heterocycles. The summed E-state index contributed by atoms with van der Waals surface area (Å²) < 4.78 is 0. The van der Waals surface area contributed by atoms with E-state index in [0.717, 1.165) is 13.0 Å². The number of nitrogens with two attached hydrogens (primary N) is 1. The topological polar surface area (TPSA) is 39.7 Å². The van der Waals surface area contributed by atoms with E-state index in [0.29, 0.717) is 17.1 Å². The number of halogens is 2. The second-order valence-corrected chi connectivity index (χ2v) is 5.86. The lowest BCUT2D eigenvalue weighted by atomic mass is 9.97. The fourth-order valence-electron chi connectivity index (χ4n) is 2.44. The van der Waals surface area contributed by atoms with Crippen molar-refractivity contribution >= 4 is 23.2 Å². The van der Waals surface area contributed by atoms with E-state index in [1.807, 2.05) is 0 Å². The molecule has 0 atom stereocenters. The fourth-order valence-corrected chi connectivity index (χ4v) is 2.98. The number of rotatable bonds is 5. The van der Waals surface area contributed by atoms with Crippen LogP contribution in [-0.2, 0) is 6.54 Å². The third kappa shape index (κ3) is 4.41. The standard InChI is InChI=1S/C15H19Cl2NO/c16-13-8-12(15(19)14(17)9-13)10-18-7-6-11-4-2-1-3-5-11/h4,8-9,18-19H,1-3,5-7,10H2. The molecule has 2 N–H and O–H groups in total. The first-order valence-electron chi connectivity index (χ1n) is 6.81. The van der Waals surface area contributed by atoms with Gasteiger partial charge in [0, 0.05) is 22.0 Å². The van der Waals surface area contributed by atoms with Crippen LogP contribution in [0, 0.1) is 0 Å². The summed E-state index contributed by atoms with van der Waals surface area (Å²) in [4.78, 5) is 0. The molecule has 0 spiro atoms. The first-order valence-corrected chi connectivity index (χ1v) is 7.57. The second kappa shape index (κ2) is 7.18. The summed E-state index contributed by atoms with van der Waals surface area (Å²) in [7, 11) is 0. The van der Waals surface area contributed by atoms with Crippen molar-refractivity contribution in [3.63, 3.8) is 0 Å². The highest BCUT2D eigenvalue weighted by atomic mass is 35.5. The SMILES string of the molecule is [O-]c1c(Cl)cc(Cl)cc1C[NH2+]CCC1=CCCCC1. The van der Waals surface area contributed by atoms with Crippen molar-refractivity contribution in [2.24, 2.45) is 0 Å². The molecular formula is C15H19Cl2NO. The van der Waals surface area contributed by atoms with Crippen LogP contribution in [0.2, 0.25) is 10.0 Å². The zero-order valence-corrected chi connectivity index (χ0v) is 12.4. The minimum Gasteiger partial charge on any atom is -0.871 e. The van der Waals surface area contributed by atoms with E-state index in [1.165, 1.54) is 31.7 Å². The van der Waals surface area contributed by atoms with Crippen molar-refractivity contribution in [1.82, 2.24) is 0 Å². The van der Waals surface area contributed by atoms with E-state index in [4.69, 9.17) is 23.2 Å². The monoisotopic (exact) mass is 299 g/mol. The summed E-state index contributed by atoms with van der Waals surface area (Å²) in [5, 5.41) is 14.7. The van der Waals surface area contributed by atoms with Crippen LogP contribution >= 0.6 is 23.2 Å². The average molecular weight is 300 g/mol. The molecule has 2 rings (SSSR count). The number of quaternary nitrogens is 1. The molecule has 1 aromatic carbocycles. The Morgan fingerprint density at radius 1 is 1.21 bits per heavy atom. The molecule has 1 aliphatic carbocycles. The maximum atomic E-state index is 11.8. The number of hydrogen-bond donors (Lipinski definition) is 1. The van der Waals surface area contributed by atoms with Crippen molar-refractivity contribution in [1.29, 1.82) is 0 Å². The molecule has 0 radical (unpaired) electrons. The van der Waals surface area contributed by atoms with Crippen LogP contribution in [-0.4, -0.2) is 6.54 Å². The molecule has 1 aromatic rings. The molecule has 19 heavy (non-hydrogen) atoms. The van der Waals surface area contributed by atoms with Gasteiger partial charge >= 0.3 is 0 Å². The summed E-state index contributed by atoms with van der Waals surface area (Å²) in [5.41, 5.74) is 2.25. The van der Waals surface area contributed by atoms with Gasteiger partial charge in [-0.2, -0.15) is 0 Å². The minimum atomic E-state index is -0.0980. The van der Waals surface area contributed by atoms with E-state index in [9.17, 15) is 5.11 Å². The Hall–Kier alpha value is -0.700. The molecule has 4 heteroatoms. The molecule has 2 nitrogen and oxygen atoms in total. The lowest BCUT2D eigenvalue weighted by Gasteiger charge is -2.15. The van der Waals surface area contributed by atoms with Gasteiger partial charge in [-0.3, -0.25) is 0 Å². The van der Waals surface area contributed by atoms with Crippen molar-refractivity contribution in [2.75, 3.05) is 6.54 Å². The predicted octanol–water partition coefficient (Wildman–Crippen LogP) is 3.02. The Kier molecular flexibility index (Phi) is 5.56. The number of hydrogen-bond acceptors (Lipinski definition) is 1. The van der Waals surface area contributed by atoms with Gasteiger partial charge in [-0.1, -0.05) is 40.6 Å². The summed E-state index contributed by atoms with van der Waals surface area (Å²) >= 11 is 11.7. The molecule has 0 heterocycles. The van der Waals surface area contributed by atoms with Gasteiger partial charge in [0.1, 0.15) is 6.54 Å². The van der Waals surface area contributed by atoms with Gasteiger partial charge in [0.2, 0.25) is 0 Å². The van der Waals surface area contributed by atoms with Crippen molar-refractivity contribution in [3.05, 3.63) is 39.4 Å². The smallest absolute Gasteiger partial charge is 0.101 e. The van der Waals surface area contributed by atoms with Crippen LogP contribution in [0.4, 0.5) is 0 Å². The fraction of sp³-hybridized carbons (Fsp3) is 0.467. The van der Waals surface area contributed by atoms with Crippen LogP contribution < -0.4 is 10.4 Å². The molecule has 0 saturated carbocycles. The Morgan fingerprint density at radius 2 is 2.05 bits per heavy atom. The van der Waals surface area contributed by atoms with Gasteiger partial charge < -0.3 is 10.4 Å². The highest BCUT2D eigenvalue weighted by Gasteiger charge is 2.06. The van der Waals surface area contributed by atoms with Crippen LogP contribution in [0.3, 0.4) is 0 Å². The average Bonchev–Trinajstić information content (AvgIpc) is 2.41. The predicted molar refractivity (Wildman–Crippen MR) is 77.6 cm³/mol. The summed E-state index contributed by atoms with van der Waals surface area (Å²) in [6.07, 6.45) is 8.59. The Morgan fingerprint density at radius 3 is 2.79 bits per heavy atom. The lowest BCUT2D eigenvalue weighted by Crippen LogP contribution is -2.82. The van der Waals surface area contributed by atoms with Gasteiger partial charge in [0.05, 0.1) is 6.54 Å². The lowest BCUT2D eigenvalue weighted by molar-refractivity contribution is -0.670. The molecule has 0 amide bonds. The molecule has 0 unspecified atom stereocenters. The van der Waals surface area contributed by atoms with E-state index < -0.39 is 0 Å². The van der Waals surface area contributed by atoms with Crippen molar-refractivity contribution in [3.8, 4) is 5.75 Å². The van der Waals surface area contributed by atoms with Crippen LogP contribution in [0.15, 0.2) is 23.8 Å². The third-order valence-corrected chi connectivity index (χ3v) is 4.00. The molecule has 1 aliphatic rings. The minimum absolute atomic E-state index is 0.0980. The maximum Gasteiger partial charge on any atom is 0.101 e.